The average Bonchev–Trinajstić information content (AvgIpc) is 3.00. The molecule has 0 saturated carbocycles. The Balaban J connectivity index is 2.15. The topological polar surface area (TPSA) is 0 Å². The third-order valence-corrected chi connectivity index (χ3v) is 14.4. The summed E-state index contributed by atoms with van der Waals surface area (Å²) in [6.45, 7) is 6.94. The van der Waals surface area contributed by atoms with Gasteiger partial charge in [0, 0.05) is 0 Å². The summed E-state index contributed by atoms with van der Waals surface area (Å²) >= 11 is -1.17. The fourth-order valence-corrected chi connectivity index (χ4v) is 13.6. The number of rotatable bonds is 6. The van der Waals surface area contributed by atoms with Crippen LogP contribution in [-0.4, -0.2) is 0 Å². The molecule has 0 spiro atoms. The first kappa shape index (κ1) is 17.9. The van der Waals surface area contributed by atoms with Gasteiger partial charge in [0.25, 0.3) is 0 Å². The van der Waals surface area contributed by atoms with Crippen LogP contribution in [0.4, 0.5) is 0 Å². The van der Waals surface area contributed by atoms with Crippen molar-refractivity contribution in [1.29, 1.82) is 0 Å². The SMILES string of the molecule is CCCC(CCC)=C1c2cc(CC)cc[c]2[Hg][CH]1c1ccccc1. The van der Waals surface area contributed by atoms with E-state index in [2.05, 4.69) is 69.3 Å². The van der Waals surface area contributed by atoms with Gasteiger partial charge in [-0.3, -0.25) is 0 Å². The summed E-state index contributed by atoms with van der Waals surface area (Å²) in [7, 11) is 0. The molecule has 0 amide bonds. The monoisotopic (exact) mass is 506 g/mol. The van der Waals surface area contributed by atoms with E-state index in [-0.39, 0.29) is 0 Å². The molecule has 0 aromatic heterocycles. The molecule has 2 aromatic carbocycles. The van der Waals surface area contributed by atoms with Crippen molar-refractivity contribution in [3.8, 4) is 0 Å². The van der Waals surface area contributed by atoms with Gasteiger partial charge in [0.1, 0.15) is 0 Å². The summed E-state index contributed by atoms with van der Waals surface area (Å²) in [6, 6.07) is 18.7. The molecular formula is C23H28Hg. The Morgan fingerprint density at radius 2 is 1.62 bits per heavy atom. The molecular weight excluding hydrogens is 477 g/mol. The van der Waals surface area contributed by atoms with Gasteiger partial charge in [-0.25, -0.2) is 0 Å². The Morgan fingerprint density at radius 1 is 0.917 bits per heavy atom. The summed E-state index contributed by atoms with van der Waals surface area (Å²) in [5.74, 6) is 0. The van der Waals surface area contributed by atoms with Gasteiger partial charge in [-0.15, -0.1) is 0 Å². The molecule has 0 bridgehead atoms. The van der Waals surface area contributed by atoms with Crippen molar-refractivity contribution in [1.82, 2.24) is 0 Å². The van der Waals surface area contributed by atoms with Crippen LogP contribution in [0.25, 0.3) is 5.57 Å². The number of hydrogen-bond acceptors (Lipinski definition) is 0. The van der Waals surface area contributed by atoms with E-state index in [1.54, 1.807) is 25.3 Å². The van der Waals surface area contributed by atoms with E-state index in [4.69, 9.17) is 0 Å². The molecule has 24 heavy (non-hydrogen) atoms. The van der Waals surface area contributed by atoms with Crippen molar-refractivity contribution >= 4 is 8.65 Å². The van der Waals surface area contributed by atoms with Crippen LogP contribution in [0.1, 0.15) is 66.6 Å². The summed E-state index contributed by atoms with van der Waals surface area (Å²) in [5.41, 5.74) is 8.22. The van der Waals surface area contributed by atoms with Crippen molar-refractivity contribution in [3.63, 3.8) is 0 Å². The average molecular weight is 505 g/mol. The number of hydrogen-bond donors (Lipinski definition) is 0. The Morgan fingerprint density at radius 3 is 2.25 bits per heavy atom. The quantitative estimate of drug-likeness (QED) is 0.419. The molecule has 1 atom stereocenters. The molecule has 0 nitrogen and oxygen atoms in total. The van der Waals surface area contributed by atoms with Gasteiger partial charge in [-0.1, -0.05) is 0 Å². The first-order chi connectivity index (χ1) is 11.8. The van der Waals surface area contributed by atoms with E-state index in [0.29, 0.717) is 0 Å². The van der Waals surface area contributed by atoms with Crippen molar-refractivity contribution in [3.05, 3.63) is 70.8 Å². The van der Waals surface area contributed by atoms with Crippen LogP contribution in [-0.2, 0) is 31.0 Å². The van der Waals surface area contributed by atoms with Gasteiger partial charge in [0.2, 0.25) is 0 Å². The second kappa shape index (κ2) is 8.47. The van der Waals surface area contributed by atoms with E-state index in [1.807, 2.05) is 0 Å². The van der Waals surface area contributed by atoms with E-state index >= 15 is 0 Å². The summed E-state index contributed by atoms with van der Waals surface area (Å²) < 4.78 is 2.53. The summed E-state index contributed by atoms with van der Waals surface area (Å²) in [6.07, 6.45) is 6.22. The normalized spacial score (nSPS) is 15.6. The summed E-state index contributed by atoms with van der Waals surface area (Å²) in [5, 5.41) is 0. The Labute approximate surface area is 159 Å². The van der Waals surface area contributed by atoms with Crippen LogP contribution < -0.4 is 3.07 Å². The molecule has 0 fully saturated rings. The van der Waals surface area contributed by atoms with Gasteiger partial charge in [0.15, 0.2) is 0 Å². The van der Waals surface area contributed by atoms with E-state index in [9.17, 15) is 0 Å². The minimum absolute atomic E-state index is 0.765. The van der Waals surface area contributed by atoms with E-state index in [0.717, 1.165) is 9.85 Å². The zero-order chi connectivity index (χ0) is 16.9. The zero-order valence-corrected chi connectivity index (χ0v) is 20.9. The zero-order valence-electron chi connectivity index (χ0n) is 15.4. The van der Waals surface area contributed by atoms with Crippen molar-refractivity contribution in [2.75, 3.05) is 0 Å². The Kier molecular flexibility index (Phi) is 6.33. The van der Waals surface area contributed by atoms with Crippen LogP contribution in [0, 0.1) is 0 Å². The number of benzene rings is 2. The van der Waals surface area contributed by atoms with Crippen LogP contribution in [0.15, 0.2) is 54.1 Å². The molecule has 1 unspecified atom stereocenters. The number of fused-ring (bicyclic) bond motifs is 1. The molecule has 0 saturated heterocycles. The molecule has 1 heteroatoms. The van der Waals surface area contributed by atoms with Gasteiger partial charge in [-0.05, 0) is 0 Å². The van der Waals surface area contributed by atoms with Gasteiger partial charge in [-0.2, -0.15) is 0 Å². The van der Waals surface area contributed by atoms with Gasteiger partial charge < -0.3 is 0 Å². The molecule has 2 aromatic rings. The Hall–Kier alpha value is -0.885. The Bertz CT molecular complexity index is 704. The fraction of sp³-hybridized carbons (Fsp3) is 0.391. The molecule has 0 N–H and O–H groups in total. The summed E-state index contributed by atoms with van der Waals surface area (Å²) in [4.78, 5) is 0. The number of allylic oxidation sites excluding steroid dienone is 2. The van der Waals surface area contributed by atoms with Crippen LogP contribution >= 0.6 is 0 Å². The first-order valence-corrected chi connectivity index (χ1v) is 15.6. The molecule has 0 radical (unpaired) electrons. The van der Waals surface area contributed by atoms with Gasteiger partial charge >= 0.3 is 160 Å². The van der Waals surface area contributed by atoms with E-state index < -0.39 is 24.6 Å². The first-order valence-electron chi connectivity index (χ1n) is 9.67. The van der Waals surface area contributed by atoms with Gasteiger partial charge in [0.05, 0.1) is 0 Å². The molecule has 122 valence electrons. The molecule has 3 rings (SSSR count). The van der Waals surface area contributed by atoms with Crippen molar-refractivity contribution in [2.24, 2.45) is 0 Å². The second-order valence-corrected chi connectivity index (χ2v) is 14.8. The standard InChI is InChI=1S/C23H28.Hg/c1-4-11-21(12-5-2)23(18-20-13-8-7-9-14-20)22-16-10-15-19(6-3)17-22;/h7-10,13-15,17-18H,4-6,11-12H2,1-3H3;. The van der Waals surface area contributed by atoms with Crippen LogP contribution in [0.3, 0.4) is 0 Å². The van der Waals surface area contributed by atoms with E-state index in [1.165, 1.54) is 31.2 Å². The predicted molar refractivity (Wildman–Crippen MR) is 101 cm³/mol. The van der Waals surface area contributed by atoms with Crippen molar-refractivity contribution in [2.45, 2.75) is 56.3 Å². The third kappa shape index (κ3) is 3.69. The third-order valence-electron chi connectivity index (χ3n) is 5.33. The molecule has 1 heterocycles. The fourth-order valence-electron chi connectivity index (χ4n) is 4.19. The van der Waals surface area contributed by atoms with Crippen molar-refractivity contribution < 1.29 is 24.6 Å². The minimum atomic E-state index is -1.17. The van der Waals surface area contributed by atoms with Crippen LogP contribution in [0.2, 0.25) is 0 Å². The number of aryl methyl sites for hydroxylation is 1. The predicted octanol–water partition coefficient (Wildman–Crippen LogP) is 6.07. The molecule has 1 aliphatic rings. The molecule has 1 aliphatic heterocycles. The van der Waals surface area contributed by atoms with Crippen LogP contribution in [0.5, 0.6) is 0 Å². The second-order valence-electron chi connectivity index (χ2n) is 7.03. The molecule has 0 aliphatic carbocycles. The maximum atomic E-state index is 2.53. The maximum absolute atomic E-state index is 2.53.